The van der Waals surface area contributed by atoms with Crippen molar-refractivity contribution in [1.29, 1.82) is 0 Å². The number of hydrazine groups is 1. The Morgan fingerprint density at radius 2 is 1.56 bits per heavy atom. The molecule has 12 heteroatoms. The van der Waals surface area contributed by atoms with Crippen LogP contribution in [-0.2, 0) is 9.22 Å². The minimum absolute atomic E-state index is 0.00304. The number of hydrogen-bond acceptors (Lipinski definition) is 5. The van der Waals surface area contributed by atoms with Gasteiger partial charge in [-0.05, 0) is 79.9 Å². The number of nitrogens with one attached hydrogen (secondary N) is 3. The van der Waals surface area contributed by atoms with Crippen LogP contribution in [0.1, 0.15) is 64.4 Å². The van der Waals surface area contributed by atoms with Crippen LogP contribution in [0.2, 0.25) is 41.3 Å². The summed E-state index contributed by atoms with van der Waals surface area (Å²) < 4.78 is 27.3. The van der Waals surface area contributed by atoms with Crippen LogP contribution in [0.4, 0.5) is 15.8 Å². The van der Waals surface area contributed by atoms with Crippen LogP contribution in [0.15, 0.2) is 30.3 Å². The maximum atomic E-state index is 14.6. The molecule has 0 aliphatic carbocycles. The molecule has 2 aromatic carbocycles. The molecule has 2 rings (SSSR count). The Bertz CT molecular complexity index is 1400. The van der Waals surface area contributed by atoms with Crippen LogP contribution in [0.25, 0.3) is 4.85 Å². The van der Waals surface area contributed by atoms with E-state index in [4.69, 9.17) is 27.0 Å². The van der Waals surface area contributed by atoms with E-state index in [1.165, 1.54) is 18.2 Å². The molecule has 2 amide bonds. The summed E-state index contributed by atoms with van der Waals surface area (Å²) in [6, 6.07) is 6.19. The van der Waals surface area contributed by atoms with E-state index in [0.29, 0.717) is 16.9 Å². The van der Waals surface area contributed by atoms with Gasteiger partial charge in [-0.15, -0.1) is 0 Å². The van der Waals surface area contributed by atoms with Gasteiger partial charge in [0.25, 0.3) is 20.1 Å². The lowest BCUT2D eigenvalue weighted by molar-refractivity contribution is -0.124. The van der Waals surface area contributed by atoms with Crippen molar-refractivity contribution in [3.05, 3.63) is 63.7 Å². The average molecular weight is 649 g/mol. The highest BCUT2D eigenvalue weighted by molar-refractivity contribution is 6.75. The molecule has 0 bridgehead atoms. The van der Waals surface area contributed by atoms with Crippen LogP contribution >= 0.6 is 11.6 Å². The third kappa shape index (κ3) is 8.82. The summed E-state index contributed by atoms with van der Waals surface area (Å²) in [5.74, 6) is -1.75. The number of rotatable bonds is 9. The maximum absolute atomic E-state index is 14.6. The Morgan fingerprint density at radius 3 is 2.09 bits per heavy atom. The average Bonchev–Trinajstić information content (AvgIpc) is 2.87. The molecular formula is C31H46ClFN4O4Si2. The molecule has 3 N–H and O–H groups in total. The van der Waals surface area contributed by atoms with E-state index in [9.17, 15) is 14.0 Å². The molecule has 8 nitrogen and oxygen atoms in total. The van der Waals surface area contributed by atoms with Gasteiger partial charge in [0.05, 0.1) is 17.7 Å². The number of benzene rings is 2. The molecule has 43 heavy (non-hydrogen) atoms. The van der Waals surface area contributed by atoms with Crippen LogP contribution in [0.3, 0.4) is 0 Å². The Balaban J connectivity index is 2.33. The molecule has 0 aliphatic heterocycles. The third-order valence-corrected chi connectivity index (χ3v) is 17.9. The zero-order valence-electron chi connectivity index (χ0n) is 27.4. The van der Waals surface area contributed by atoms with Gasteiger partial charge in [0.15, 0.2) is 14.1 Å². The van der Waals surface area contributed by atoms with Crippen LogP contribution in [0.5, 0.6) is 5.75 Å². The number of hydrogen-bond donors (Lipinski definition) is 3. The summed E-state index contributed by atoms with van der Waals surface area (Å²) >= 11 is 6.40. The van der Waals surface area contributed by atoms with Crippen molar-refractivity contribution >= 4 is 51.4 Å². The number of halogens is 2. The SMILES string of the molecule is [C-]#[N+]c1ccc(NC(C(=O)NNC(=O)c2ccc(F)c(O[Si](C)(C)C(C)(C)C)c2)[C@H](C)O[Si](C)(C)C(C)(C)C)c(C)c1Cl. The monoisotopic (exact) mass is 648 g/mol. The Morgan fingerprint density at radius 1 is 0.977 bits per heavy atom. The molecule has 2 aromatic rings. The first-order valence-electron chi connectivity index (χ1n) is 14.2. The van der Waals surface area contributed by atoms with E-state index >= 15 is 0 Å². The Kier molecular flexibility index (Phi) is 11.3. The highest BCUT2D eigenvalue weighted by Crippen LogP contribution is 2.39. The van der Waals surface area contributed by atoms with Crippen molar-refractivity contribution in [2.75, 3.05) is 5.32 Å². The van der Waals surface area contributed by atoms with Gasteiger partial charge in [0.1, 0.15) is 11.8 Å². The predicted octanol–water partition coefficient (Wildman–Crippen LogP) is 8.37. The van der Waals surface area contributed by atoms with Gasteiger partial charge in [-0.1, -0.05) is 59.2 Å². The van der Waals surface area contributed by atoms with Crippen molar-refractivity contribution in [2.24, 2.45) is 0 Å². The quantitative estimate of drug-likeness (QED) is 0.144. The predicted molar refractivity (Wildman–Crippen MR) is 177 cm³/mol. The molecule has 0 aromatic heterocycles. The molecule has 0 spiro atoms. The largest absolute Gasteiger partial charge is 0.542 e. The Hall–Kier alpha value is -2.92. The van der Waals surface area contributed by atoms with Crippen molar-refractivity contribution in [2.45, 2.75) is 104 Å². The molecule has 0 heterocycles. The first-order chi connectivity index (χ1) is 19.5. The van der Waals surface area contributed by atoms with E-state index in [1.54, 1.807) is 26.0 Å². The molecule has 1 unspecified atom stereocenters. The fourth-order valence-electron chi connectivity index (χ4n) is 3.61. The highest BCUT2D eigenvalue weighted by atomic mass is 35.5. The summed E-state index contributed by atoms with van der Waals surface area (Å²) in [6.45, 7) is 31.5. The van der Waals surface area contributed by atoms with E-state index in [1.807, 2.05) is 33.9 Å². The fraction of sp³-hybridized carbons (Fsp3) is 0.516. The lowest BCUT2D eigenvalue weighted by Gasteiger charge is -2.40. The molecule has 0 saturated carbocycles. The topological polar surface area (TPSA) is 93.1 Å². The standard InChI is InChI=1S/C31H46ClFN4O4Si2/c1-19-23(16-17-24(34-9)26(19)32)35-27(20(2)40-42(10,11)30(3,4)5)29(39)37-36-28(38)21-14-15-22(33)25(18-21)41-43(12,13)31(6,7)8/h14-18,20,27,35H,1-8,10-13H3,(H,36,38)(H,37,39)/t20-,27?/m0/s1. The van der Waals surface area contributed by atoms with Crippen molar-refractivity contribution in [3.8, 4) is 5.75 Å². The molecule has 0 aliphatic rings. The minimum atomic E-state index is -2.37. The second kappa shape index (κ2) is 13.4. The van der Waals surface area contributed by atoms with E-state index < -0.39 is 46.4 Å². The summed E-state index contributed by atoms with van der Waals surface area (Å²) in [5.41, 5.74) is 6.54. The number of anilines is 1. The van der Waals surface area contributed by atoms with Gasteiger partial charge in [0, 0.05) is 11.3 Å². The molecule has 0 fully saturated rings. The number of nitrogens with zero attached hydrogens (tertiary/aromatic N) is 1. The van der Waals surface area contributed by atoms with Gasteiger partial charge < -0.3 is 14.2 Å². The first-order valence-corrected chi connectivity index (χ1v) is 20.4. The van der Waals surface area contributed by atoms with Crippen LogP contribution < -0.4 is 20.6 Å². The van der Waals surface area contributed by atoms with Gasteiger partial charge >= 0.3 is 0 Å². The summed E-state index contributed by atoms with van der Waals surface area (Å²) in [4.78, 5) is 30.1. The van der Waals surface area contributed by atoms with E-state index in [2.05, 4.69) is 54.9 Å². The molecule has 2 atom stereocenters. The van der Waals surface area contributed by atoms with Gasteiger partial charge in [-0.25, -0.2) is 9.24 Å². The van der Waals surface area contributed by atoms with E-state index in [0.717, 1.165) is 0 Å². The van der Waals surface area contributed by atoms with Gasteiger partial charge in [-0.3, -0.25) is 20.4 Å². The zero-order chi connectivity index (χ0) is 33.1. The second-order valence-electron chi connectivity index (χ2n) is 13.8. The van der Waals surface area contributed by atoms with Crippen molar-refractivity contribution in [1.82, 2.24) is 10.9 Å². The first kappa shape index (κ1) is 36.3. The summed E-state index contributed by atoms with van der Waals surface area (Å²) in [6.07, 6.45) is -0.605. The lowest BCUT2D eigenvalue weighted by Crippen LogP contribution is -2.55. The van der Waals surface area contributed by atoms with Crippen molar-refractivity contribution < 1.29 is 22.8 Å². The number of carbonyl (C=O) groups excluding carboxylic acids is 2. The van der Waals surface area contributed by atoms with Crippen molar-refractivity contribution in [3.63, 3.8) is 0 Å². The molecule has 0 radical (unpaired) electrons. The molecule has 236 valence electrons. The normalized spacial score (nSPS) is 13.9. The van der Waals surface area contributed by atoms with Gasteiger partial charge in [-0.2, -0.15) is 0 Å². The zero-order valence-corrected chi connectivity index (χ0v) is 30.1. The fourth-order valence-corrected chi connectivity index (χ4v) is 6.24. The second-order valence-corrected chi connectivity index (χ2v) is 23.7. The molecular weight excluding hydrogens is 603 g/mol. The number of carbonyl (C=O) groups is 2. The maximum Gasteiger partial charge on any atom is 0.269 e. The highest BCUT2D eigenvalue weighted by Gasteiger charge is 2.41. The van der Waals surface area contributed by atoms with Crippen LogP contribution in [0, 0.1) is 19.3 Å². The third-order valence-electron chi connectivity index (χ3n) is 8.50. The summed E-state index contributed by atoms with van der Waals surface area (Å²) in [7, 11) is -4.67. The lowest BCUT2D eigenvalue weighted by atomic mass is 10.1. The minimum Gasteiger partial charge on any atom is -0.542 e. The van der Waals surface area contributed by atoms with Crippen LogP contribution in [-0.4, -0.2) is 40.6 Å². The number of amides is 2. The Labute approximate surface area is 263 Å². The van der Waals surface area contributed by atoms with Gasteiger partial charge in [0.2, 0.25) is 5.69 Å². The van der Waals surface area contributed by atoms with E-state index in [-0.39, 0.29) is 26.4 Å². The molecule has 0 saturated heterocycles. The summed E-state index contributed by atoms with van der Waals surface area (Å²) in [5, 5.41) is 3.22. The smallest absolute Gasteiger partial charge is 0.269 e.